The fraction of sp³-hybridized carbons (Fsp3) is 0.250. The summed E-state index contributed by atoms with van der Waals surface area (Å²) >= 11 is 0. The third-order valence-electron chi connectivity index (χ3n) is 4.35. The number of fused-ring (bicyclic) bond motifs is 1. The molecule has 3 rings (SSSR count). The summed E-state index contributed by atoms with van der Waals surface area (Å²) in [5, 5.41) is 16.2. The molecule has 0 aliphatic heterocycles. The number of hydrazine groups is 1. The van der Waals surface area contributed by atoms with E-state index in [4.69, 9.17) is 0 Å². The van der Waals surface area contributed by atoms with E-state index < -0.39 is 10.8 Å². The summed E-state index contributed by atoms with van der Waals surface area (Å²) in [6.07, 6.45) is 2.04. The molecule has 1 aromatic heterocycles. The van der Waals surface area contributed by atoms with E-state index in [1.165, 1.54) is 6.33 Å². The number of anilines is 2. The van der Waals surface area contributed by atoms with Crippen molar-refractivity contribution in [3.8, 4) is 0 Å². The lowest BCUT2D eigenvalue weighted by molar-refractivity contribution is -0.383. The molecule has 3 aromatic rings. The molecule has 0 fully saturated rings. The highest BCUT2D eigenvalue weighted by atomic mass is 16.6. The first-order chi connectivity index (χ1) is 14.0. The highest BCUT2D eigenvalue weighted by Crippen LogP contribution is 2.28. The molecule has 9 heteroatoms. The Morgan fingerprint density at radius 1 is 1.10 bits per heavy atom. The second-order valence-corrected chi connectivity index (χ2v) is 6.89. The van der Waals surface area contributed by atoms with Gasteiger partial charge in [0, 0.05) is 12.1 Å². The third kappa shape index (κ3) is 4.75. The SMILES string of the molecule is CC(C)CCNc1ncnc(NNC(=O)c2cccc3ccccc23)c1[N+](=O)[O-]. The number of rotatable bonds is 8. The lowest BCUT2D eigenvalue weighted by atomic mass is 10.0. The summed E-state index contributed by atoms with van der Waals surface area (Å²) in [5.74, 6) is 0.0307. The summed E-state index contributed by atoms with van der Waals surface area (Å²) in [4.78, 5) is 31.5. The minimum absolute atomic E-state index is 0.0920. The van der Waals surface area contributed by atoms with E-state index in [9.17, 15) is 14.9 Å². The first-order valence-electron chi connectivity index (χ1n) is 9.24. The molecule has 0 atom stereocenters. The molecule has 150 valence electrons. The Morgan fingerprint density at radius 2 is 1.83 bits per heavy atom. The van der Waals surface area contributed by atoms with E-state index in [1.54, 1.807) is 12.1 Å². The maximum absolute atomic E-state index is 12.6. The van der Waals surface area contributed by atoms with Gasteiger partial charge in [0.15, 0.2) is 0 Å². The van der Waals surface area contributed by atoms with Gasteiger partial charge in [-0.2, -0.15) is 0 Å². The first-order valence-corrected chi connectivity index (χ1v) is 9.24. The van der Waals surface area contributed by atoms with Gasteiger partial charge in [0.2, 0.25) is 11.6 Å². The van der Waals surface area contributed by atoms with Crippen molar-refractivity contribution >= 4 is 34.0 Å². The number of hydrogen-bond acceptors (Lipinski definition) is 7. The van der Waals surface area contributed by atoms with Crippen LogP contribution in [0.2, 0.25) is 0 Å². The van der Waals surface area contributed by atoms with E-state index >= 15 is 0 Å². The van der Waals surface area contributed by atoms with Crippen LogP contribution in [0.3, 0.4) is 0 Å². The lowest BCUT2D eigenvalue weighted by Gasteiger charge is -2.12. The Kier molecular flexibility index (Phi) is 6.18. The third-order valence-corrected chi connectivity index (χ3v) is 4.35. The number of aromatic nitrogens is 2. The molecular formula is C20H22N6O3. The predicted octanol–water partition coefficient (Wildman–Crippen LogP) is 3.75. The summed E-state index contributed by atoms with van der Waals surface area (Å²) in [6, 6.07) is 12.9. The molecule has 0 radical (unpaired) electrons. The van der Waals surface area contributed by atoms with Crippen molar-refractivity contribution in [3.63, 3.8) is 0 Å². The minimum Gasteiger partial charge on any atom is -0.364 e. The standard InChI is InChI=1S/C20H22N6O3/c1-13(2)10-11-21-18-17(26(28)29)19(23-12-22-18)24-25-20(27)16-9-5-7-14-6-3-4-8-15(14)16/h3-9,12-13H,10-11H2,1-2H3,(H,25,27)(H2,21,22,23,24). The molecule has 0 aliphatic rings. The van der Waals surface area contributed by atoms with Crippen molar-refractivity contribution in [1.82, 2.24) is 15.4 Å². The van der Waals surface area contributed by atoms with Crippen LogP contribution in [0.5, 0.6) is 0 Å². The number of carbonyl (C=O) groups excluding carboxylic acids is 1. The van der Waals surface area contributed by atoms with Crippen molar-refractivity contribution in [2.24, 2.45) is 5.92 Å². The van der Waals surface area contributed by atoms with Gasteiger partial charge in [-0.05, 0) is 29.2 Å². The van der Waals surface area contributed by atoms with Gasteiger partial charge in [0.25, 0.3) is 5.91 Å². The van der Waals surface area contributed by atoms with Crippen LogP contribution < -0.4 is 16.2 Å². The van der Waals surface area contributed by atoms with Crippen molar-refractivity contribution in [2.75, 3.05) is 17.3 Å². The molecule has 0 saturated carbocycles. The molecule has 0 aliphatic carbocycles. The van der Waals surface area contributed by atoms with Crippen LogP contribution in [0.1, 0.15) is 30.6 Å². The van der Waals surface area contributed by atoms with Crippen LogP contribution in [0.4, 0.5) is 17.3 Å². The normalized spacial score (nSPS) is 10.7. The van der Waals surface area contributed by atoms with Gasteiger partial charge in [-0.25, -0.2) is 9.97 Å². The molecule has 3 N–H and O–H groups in total. The summed E-state index contributed by atoms with van der Waals surface area (Å²) < 4.78 is 0. The van der Waals surface area contributed by atoms with Gasteiger partial charge < -0.3 is 5.32 Å². The predicted molar refractivity (Wildman–Crippen MR) is 112 cm³/mol. The number of benzene rings is 2. The van der Waals surface area contributed by atoms with Gasteiger partial charge in [-0.1, -0.05) is 50.2 Å². The molecule has 9 nitrogen and oxygen atoms in total. The molecule has 29 heavy (non-hydrogen) atoms. The van der Waals surface area contributed by atoms with E-state index in [0.717, 1.165) is 17.2 Å². The van der Waals surface area contributed by atoms with Gasteiger partial charge in [-0.15, -0.1) is 0 Å². The Labute approximate surface area is 167 Å². The lowest BCUT2D eigenvalue weighted by Crippen LogP contribution is -2.30. The zero-order chi connectivity index (χ0) is 20.8. The topological polar surface area (TPSA) is 122 Å². The average Bonchev–Trinajstić information content (AvgIpc) is 2.71. The number of carbonyl (C=O) groups is 1. The van der Waals surface area contributed by atoms with E-state index in [2.05, 4.69) is 40.0 Å². The molecular weight excluding hydrogens is 372 g/mol. The summed E-state index contributed by atoms with van der Waals surface area (Å²) in [5.41, 5.74) is 5.18. The Morgan fingerprint density at radius 3 is 2.59 bits per heavy atom. The highest BCUT2D eigenvalue weighted by Gasteiger charge is 2.23. The van der Waals surface area contributed by atoms with Gasteiger partial charge in [0.05, 0.1) is 4.92 Å². The monoisotopic (exact) mass is 394 g/mol. The second-order valence-electron chi connectivity index (χ2n) is 6.89. The van der Waals surface area contributed by atoms with Crippen LogP contribution in [-0.2, 0) is 0 Å². The Bertz CT molecular complexity index is 1030. The minimum atomic E-state index is -0.579. The first kappa shape index (κ1) is 20.0. The molecule has 1 heterocycles. The average molecular weight is 394 g/mol. The van der Waals surface area contributed by atoms with E-state index in [-0.39, 0.29) is 17.3 Å². The Hall–Kier alpha value is -3.75. The number of nitrogens with one attached hydrogen (secondary N) is 3. The fourth-order valence-corrected chi connectivity index (χ4v) is 2.86. The largest absolute Gasteiger partial charge is 0.364 e. The molecule has 2 aromatic carbocycles. The van der Waals surface area contributed by atoms with Crippen LogP contribution >= 0.6 is 0 Å². The molecule has 0 bridgehead atoms. The number of hydrogen-bond donors (Lipinski definition) is 3. The van der Waals surface area contributed by atoms with Crippen LogP contribution in [0.25, 0.3) is 10.8 Å². The molecule has 0 saturated heterocycles. The Balaban J connectivity index is 1.79. The van der Waals surface area contributed by atoms with E-state index in [0.29, 0.717) is 18.0 Å². The van der Waals surface area contributed by atoms with Crippen LogP contribution in [0.15, 0.2) is 48.8 Å². The molecule has 0 unspecified atom stereocenters. The number of nitro groups is 1. The van der Waals surface area contributed by atoms with Gasteiger partial charge >= 0.3 is 5.69 Å². The maximum Gasteiger partial charge on any atom is 0.354 e. The van der Waals surface area contributed by atoms with Crippen LogP contribution in [0, 0.1) is 16.0 Å². The van der Waals surface area contributed by atoms with Crippen molar-refractivity contribution in [2.45, 2.75) is 20.3 Å². The quantitative estimate of drug-likeness (QED) is 0.393. The fourth-order valence-electron chi connectivity index (χ4n) is 2.86. The zero-order valence-corrected chi connectivity index (χ0v) is 16.2. The molecule has 1 amide bonds. The van der Waals surface area contributed by atoms with Crippen LogP contribution in [-0.4, -0.2) is 27.3 Å². The second kappa shape index (κ2) is 8.96. The smallest absolute Gasteiger partial charge is 0.354 e. The van der Waals surface area contributed by atoms with Crippen molar-refractivity contribution in [1.29, 1.82) is 0 Å². The van der Waals surface area contributed by atoms with Gasteiger partial charge in [-0.3, -0.25) is 25.8 Å². The molecule has 0 spiro atoms. The summed E-state index contributed by atoms with van der Waals surface area (Å²) in [6.45, 7) is 4.66. The van der Waals surface area contributed by atoms with E-state index in [1.807, 2.05) is 30.3 Å². The van der Waals surface area contributed by atoms with Gasteiger partial charge in [0.1, 0.15) is 6.33 Å². The summed E-state index contributed by atoms with van der Waals surface area (Å²) in [7, 11) is 0. The zero-order valence-electron chi connectivity index (χ0n) is 16.2. The van der Waals surface area contributed by atoms with Crippen molar-refractivity contribution in [3.05, 3.63) is 64.5 Å². The highest BCUT2D eigenvalue weighted by molar-refractivity contribution is 6.07. The van der Waals surface area contributed by atoms with Crippen molar-refractivity contribution < 1.29 is 9.72 Å². The number of nitrogens with zero attached hydrogens (tertiary/aromatic N) is 3. The maximum atomic E-state index is 12.6. The number of amides is 1.